The van der Waals surface area contributed by atoms with E-state index in [0.717, 1.165) is 16.1 Å². The van der Waals surface area contributed by atoms with Crippen LogP contribution >= 0.6 is 34.0 Å². The summed E-state index contributed by atoms with van der Waals surface area (Å²) < 4.78 is 0. The van der Waals surface area contributed by atoms with Crippen LogP contribution in [0.2, 0.25) is 0 Å². The van der Waals surface area contributed by atoms with Crippen LogP contribution in [0.25, 0.3) is 10.6 Å². The minimum Gasteiger partial charge on any atom is -0.336 e. The summed E-state index contributed by atoms with van der Waals surface area (Å²) in [5.41, 5.74) is 2.76. The molecule has 0 saturated heterocycles. The van der Waals surface area contributed by atoms with E-state index < -0.39 is 0 Å². The molecular weight excluding hydrogens is 308 g/mol. The predicted molar refractivity (Wildman–Crippen MR) is 85.5 cm³/mol. The van der Waals surface area contributed by atoms with E-state index in [1.165, 1.54) is 11.3 Å². The molecule has 3 aromatic heterocycles. The molecule has 3 rings (SSSR count). The SMILES string of the molecule is CN(Cc1ccsc1)C(=O)c1csc(-c2ccsc2)n1. The molecule has 3 heterocycles. The molecule has 0 aliphatic rings. The van der Waals surface area contributed by atoms with Gasteiger partial charge in [0.05, 0.1) is 0 Å². The normalized spacial score (nSPS) is 10.7. The van der Waals surface area contributed by atoms with Crippen LogP contribution < -0.4 is 0 Å². The topological polar surface area (TPSA) is 33.2 Å². The lowest BCUT2D eigenvalue weighted by atomic mass is 10.3. The van der Waals surface area contributed by atoms with Crippen molar-refractivity contribution in [2.75, 3.05) is 7.05 Å². The van der Waals surface area contributed by atoms with E-state index in [2.05, 4.69) is 10.4 Å². The first-order chi connectivity index (χ1) is 9.74. The molecule has 102 valence electrons. The van der Waals surface area contributed by atoms with Gasteiger partial charge in [-0.2, -0.15) is 22.7 Å². The van der Waals surface area contributed by atoms with Crippen LogP contribution in [0.4, 0.5) is 0 Å². The Labute approximate surface area is 129 Å². The Morgan fingerprint density at radius 3 is 2.70 bits per heavy atom. The molecule has 0 fully saturated rings. The van der Waals surface area contributed by atoms with E-state index in [1.807, 2.05) is 40.7 Å². The fourth-order valence-corrected chi connectivity index (χ4v) is 3.98. The Morgan fingerprint density at radius 2 is 2.00 bits per heavy atom. The number of thiophene rings is 2. The molecule has 0 N–H and O–H groups in total. The molecule has 0 aliphatic heterocycles. The summed E-state index contributed by atoms with van der Waals surface area (Å²) in [6, 6.07) is 4.05. The van der Waals surface area contributed by atoms with Gasteiger partial charge in [0.2, 0.25) is 0 Å². The van der Waals surface area contributed by atoms with Gasteiger partial charge in [0.1, 0.15) is 10.7 Å². The molecule has 0 aliphatic carbocycles. The van der Waals surface area contributed by atoms with Crippen LogP contribution in [0.1, 0.15) is 16.1 Å². The Hall–Kier alpha value is -1.50. The third-order valence-corrected chi connectivity index (χ3v) is 5.14. The van der Waals surface area contributed by atoms with Gasteiger partial charge in [0.25, 0.3) is 5.91 Å². The number of amides is 1. The quantitative estimate of drug-likeness (QED) is 0.721. The zero-order valence-corrected chi connectivity index (χ0v) is 13.2. The molecule has 3 aromatic rings. The van der Waals surface area contributed by atoms with Gasteiger partial charge in [-0.15, -0.1) is 11.3 Å². The van der Waals surface area contributed by atoms with Crippen LogP contribution in [0.3, 0.4) is 0 Å². The molecule has 3 nitrogen and oxygen atoms in total. The zero-order chi connectivity index (χ0) is 13.9. The highest BCUT2D eigenvalue weighted by molar-refractivity contribution is 7.14. The lowest BCUT2D eigenvalue weighted by Gasteiger charge is -2.14. The molecule has 0 atom stereocenters. The predicted octanol–water partition coefficient (Wildman–Crippen LogP) is 4.21. The molecule has 0 spiro atoms. The van der Waals surface area contributed by atoms with Crippen molar-refractivity contribution in [3.8, 4) is 10.6 Å². The highest BCUT2D eigenvalue weighted by Crippen LogP contribution is 2.26. The van der Waals surface area contributed by atoms with Gasteiger partial charge in [0.15, 0.2) is 0 Å². The van der Waals surface area contributed by atoms with Crippen LogP contribution in [-0.2, 0) is 6.54 Å². The second-order valence-electron chi connectivity index (χ2n) is 4.34. The number of carbonyl (C=O) groups is 1. The highest BCUT2D eigenvalue weighted by atomic mass is 32.1. The molecule has 6 heteroatoms. The summed E-state index contributed by atoms with van der Waals surface area (Å²) in [6.45, 7) is 0.619. The van der Waals surface area contributed by atoms with Crippen molar-refractivity contribution in [1.29, 1.82) is 0 Å². The van der Waals surface area contributed by atoms with E-state index in [9.17, 15) is 4.79 Å². The Kier molecular flexibility index (Phi) is 3.95. The van der Waals surface area contributed by atoms with Crippen LogP contribution in [0.5, 0.6) is 0 Å². The van der Waals surface area contributed by atoms with Crippen molar-refractivity contribution in [1.82, 2.24) is 9.88 Å². The maximum Gasteiger partial charge on any atom is 0.273 e. The average molecular weight is 320 g/mol. The Morgan fingerprint density at radius 1 is 1.20 bits per heavy atom. The van der Waals surface area contributed by atoms with Crippen LogP contribution in [0.15, 0.2) is 39.0 Å². The first-order valence-corrected chi connectivity index (χ1v) is 8.75. The standard InChI is InChI=1S/C14H12N2OS3/c1-16(6-10-2-4-18-7-10)14(17)12-9-20-13(15-12)11-3-5-19-8-11/h2-5,7-9H,6H2,1H3. The van der Waals surface area contributed by atoms with Crippen LogP contribution in [0, 0.1) is 0 Å². The molecule has 0 unspecified atom stereocenters. The largest absolute Gasteiger partial charge is 0.336 e. The van der Waals surface area contributed by atoms with Crippen molar-refractivity contribution in [3.05, 3.63) is 50.3 Å². The Bertz CT molecular complexity index is 686. The number of thiazole rings is 1. The average Bonchev–Trinajstić information content (AvgIpc) is 3.18. The van der Waals surface area contributed by atoms with Gasteiger partial charge in [0, 0.05) is 29.9 Å². The van der Waals surface area contributed by atoms with Gasteiger partial charge < -0.3 is 4.90 Å². The fraction of sp³-hybridized carbons (Fsp3) is 0.143. The first kappa shape index (κ1) is 13.5. The first-order valence-electron chi connectivity index (χ1n) is 5.98. The number of carbonyl (C=O) groups excluding carboxylic acids is 1. The summed E-state index contributed by atoms with van der Waals surface area (Å²) in [7, 11) is 1.81. The van der Waals surface area contributed by atoms with Gasteiger partial charge in [-0.1, -0.05) is 0 Å². The van der Waals surface area contributed by atoms with Crippen LogP contribution in [-0.4, -0.2) is 22.8 Å². The van der Waals surface area contributed by atoms with E-state index >= 15 is 0 Å². The van der Waals surface area contributed by atoms with E-state index in [4.69, 9.17) is 0 Å². The monoisotopic (exact) mass is 320 g/mol. The van der Waals surface area contributed by atoms with Gasteiger partial charge in [-0.3, -0.25) is 4.79 Å². The maximum atomic E-state index is 12.3. The number of nitrogens with zero attached hydrogens (tertiary/aromatic N) is 2. The fourth-order valence-electron chi connectivity index (χ4n) is 1.81. The molecule has 1 amide bonds. The Balaban J connectivity index is 1.74. The number of hydrogen-bond acceptors (Lipinski definition) is 5. The van der Waals surface area contributed by atoms with Crippen molar-refractivity contribution in [2.45, 2.75) is 6.54 Å². The molecule has 20 heavy (non-hydrogen) atoms. The number of aromatic nitrogens is 1. The summed E-state index contributed by atoms with van der Waals surface area (Å²) in [6.07, 6.45) is 0. The van der Waals surface area contributed by atoms with Gasteiger partial charge in [-0.05, 0) is 33.8 Å². The molecular formula is C14H12N2OS3. The summed E-state index contributed by atoms with van der Waals surface area (Å²) in [4.78, 5) is 18.5. The van der Waals surface area contributed by atoms with E-state index in [1.54, 1.807) is 27.6 Å². The molecule has 0 saturated carbocycles. The summed E-state index contributed by atoms with van der Waals surface area (Å²) in [5.74, 6) is -0.0334. The van der Waals surface area contributed by atoms with E-state index in [-0.39, 0.29) is 5.91 Å². The van der Waals surface area contributed by atoms with Gasteiger partial charge in [-0.25, -0.2) is 4.98 Å². The zero-order valence-electron chi connectivity index (χ0n) is 10.8. The van der Waals surface area contributed by atoms with Crippen molar-refractivity contribution >= 4 is 39.9 Å². The number of hydrogen-bond donors (Lipinski definition) is 0. The minimum atomic E-state index is -0.0334. The van der Waals surface area contributed by atoms with Crippen molar-refractivity contribution < 1.29 is 4.79 Å². The second kappa shape index (κ2) is 5.87. The maximum absolute atomic E-state index is 12.3. The lowest BCUT2D eigenvalue weighted by molar-refractivity contribution is 0.0780. The molecule has 0 bridgehead atoms. The molecule has 0 aromatic carbocycles. The third-order valence-electron chi connectivity index (χ3n) is 2.84. The van der Waals surface area contributed by atoms with Gasteiger partial charge >= 0.3 is 0 Å². The third kappa shape index (κ3) is 2.82. The smallest absolute Gasteiger partial charge is 0.273 e. The van der Waals surface area contributed by atoms with Crippen molar-refractivity contribution in [3.63, 3.8) is 0 Å². The second-order valence-corrected chi connectivity index (χ2v) is 6.76. The number of rotatable bonds is 4. The molecule has 0 radical (unpaired) electrons. The lowest BCUT2D eigenvalue weighted by Crippen LogP contribution is -2.26. The minimum absolute atomic E-state index is 0.0334. The summed E-state index contributed by atoms with van der Waals surface area (Å²) in [5, 5.41) is 10.9. The van der Waals surface area contributed by atoms with E-state index in [0.29, 0.717) is 12.2 Å². The highest BCUT2D eigenvalue weighted by Gasteiger charge is 2.16. The summed E-state index contributed by atoms with van der Waals surface area (Å²) >= 11 is 4.79. The van der Waals surface area contributed by atoms with Crippen molar-refractivity contribution in [2.24, 2.45) is 0 Å².